The second-order valence-electron chi connectivity index (χ2n) is 6.33. The van der Waals surface area contributed by atoms with Crippen molar-refractivity contribution in [2.45, 2.75) is 19.9 Å². The third-order valence-corrected chi connectivity index (χ3v) is 4.87. The average Bonchev–Trinajstić information content (AvgIpc) is 2.69. The first-order valence-corrected chi connectivity index (χ1v) is 8.93. The molecule has 1 aromatic carbocycles. The van der Waals surface area contributed by atoms with E-state index in [9.17, 15) is 4.79 Å². The van der Waals surface area contributed by atoms with E-state index in [-0.39, 0.29) is 11.9 Å². The minimum absolute atomic E-state index is 0.0565. The van der Waals surface area contributed by atoms with Gasteiger partial charge in [0, 0.05) is 24.6 Å². The smallest absolute Gasteiger partial charge is 0.284 e. The Hall–Kier alpha value is -2.47. The van der Waals surface area contributed by atoms with Crippen LogP contribution in [-0.4, -0.2) is 54.6 Å². The van der Waals surface area contributed by atoms with Crippen LogP contribution in [0.25, 0.3) is 0 Å². The van der Waals surface area contributed by atoms with Crippen molar-refractivity contribution in [1.82, 2.24) is 9.97 Å². The van der Waals surface area contributed by atoms with Crippen molar-refractivity contribution in [2.24, 2.45) is 0 Å². The fourth-order valence-corrected chi connectivity index (χ4v) is 3.36. The summed E-state index contributed by atoms with van der Waals surface area (Å²) in [6.45, 7) is 8.32. The van der Waals surface area contributed by atoms with Crippen LogP contribution in [0.5, 0.6) is 0 Å². The molecule has 0 bridgehead atoms. The van der Waals surface area contributed by atoms with Crippen molar-refractivity contribution in [2.75, 3.05) is 42.5 Å². The average molecular weight is 340 g/mol. The number of rotatable bonds is 5. The van der Waals surface area contributed by atoms with Crippen molar-refractivity contribution in [3.05, 3.63) is 48.8 Å². The molecule has 132 valence electrons. The Kier molecular flexibility index (Phi) is 5.60. The molecule has 0 saturated carbocycles. The Morgan fingerprint density at radius 2 is 1.80 bits per heavy atom. The highest BCUT2D eigenvalue weighted by Gasteiger charge is 2.32. The minimum Gasteiger partial charge on any atom is -0.330 e. The highest BCUT2D eigenvalue weighted by molar-refractivity contribution is 5.96. The number of carbonyl (C=O) groups excluding carboxylic acids is 1. The highest BCUT2D eigenvalue weighted by Crippen LogP contribution is 2.14. The summed E-state index contributed by atoms with van der Waals surface area (Å²) < 4.78 is 0. The van der Waals surface area contributed by atoms with E-state index in [4.69, 9.17) is 0 Å². The van der Waals surface area contributed by atoms with Crippen molar-refractivity contribution in [1.29, 1.82) is 0 Å². The molecule has 1 saturated heterocycles. The number of quaternary nitrogens is 1. The van der Waals surface area contributed by atoms with E-state index in [1.165, 1.54) is 4.90 Å². The van der Waals surface area contributed by atoms with E-state index in [1.54, 1.807) is 12.4 Å². The second kappa shape index (κ2) is 8.07. The van der Waals surface area contributed by atoms with Crippen LogP contribution in [0.4, 0.5) is 11.6 Å². The zero-order valence-corrected chi connectivity index (χ0v) is 14.9. The Morgan fingerprint density at radius 3 is 2.40 bits per heavy atom. The lowest BCUT2D eigenvalue weighted by molar-refractivity contribution is -0.914. The van der Waals surface area contributed by atoms with E-state index in [2.05, 4.69) is 14.9 Å². The number of nitrogens with one attached hydrogen (secondary N) is 1. The summed E-state index contributed by atoms with van der Waals surface area (Å²) in [5, 5.41) is 0. The Bertz CT molecular complexity index is 671. The second-order valence-corrected chi connectivity index (χ2v) is 6.33. The summed E-state index contributed by atoms with van der Waals surface area (Å²) in [5.74, 6) is 0.966. The number of anilines is 2. The largest absolute Gasteiger partial charge is 0.330 e. The maximum atomic E-state index is 13.0. The molecule has 1 aromatic heterocycles. The SMILES string of the molecule is CCN(C(=O)[C@H](C)[NH+]1CCN(c2ncccn2)CC1)c1ccccc1. The molecular weight excluding hydrogens is 314 g/mol. The van der Waals surface area contributed by atoms with E-state index in [0.29, 0.717) is 6.54 Å². The molecule has 3 rings (SSSR count). The molecule has 1 fully saturated rings. The Morgan fingerprint density at radius 1 is 1.16 bits per heavy atom. The van der Waals surface area contributed by atoms with Gasteiger partial charge in [0.25, 0.3) is 5.91 Å². The number of aromatic nitrogens is 2. The van der Waals surface area contributed by atoms with Crippen LogP contribution >= 0.6 is 0 Å². The van der Waals surface area contributed by atoms with Gasteiger partial charge in [0.1, 0.15) is 0 Å². The first kappa shape index (κ1) is 17.4. The van der Waals surface area contributed by atoms with Crippen LogP contribution in [0.3, 0.4) is 0 Å². The van der Waals surface area contributed by atoms with Gasteiger partial charge in [0.2, 0.25) is 5.95 Å². The molecule has 0 spiro atoms. The quantitative estimate of drug-likeness (QED) is 0.867. The lowest BCUT2D eigenvalue weighted by Crippen LogP contribution is -3.19. The van der Waals surface area contributed by atoms with Gasteiger partial charge in [-0.05, 0) is 32.0 Å². The summed E-state index contributed by atoms with van der Waals surface area (Å²) >= 11 is 0. The van der Waals surface area contributed by atoms with Crippen molar-refractivity contribution < 1.29 is 9.69 Å². The molecular formula is C19H26N5O+. The molecule has 1 aliphatic heterocycles. The summed E-state index contributed by atoms with van der Waals surface area (Å²) in [6, 6.07) is 11.7. The number of nitrogens with zero attached hydrogens (tertiary/aromatic N) is 4. The summed E-state index contributed by atoms with van der Waals surface area (Å²) in [6.07, 6.45) is 3.54. The highest BCUT2D eigenvalue weighted by atomic mass is 16.2. The molecule has 2 aromatic rings. The first-order valence-electron chi connectivity index (χ1n) is 8.93. The van der Waals surface area contributed by atoms with Gasteiger partial charge in [-0.2, -0.15) is 0 Å². The van der Waals surface area contributed by atoms with Crippen molar-refractivity contribution >= 4 is 17.5 Å². The standard InChI is InChI=1S/C19H25N5O/c1-3-24(17-8-5-4-6-9-17)18(25)16(2)22-12-14-23(15-13-22)19-20-10-7-11-21-19/h4-11,16H,3,12-15H2,1-2H3/p+1/t16-/m0/s1. The van der Waals surface area contributed by atoms with Crippen LogP contribution in [0.1, 0.15) is 13.8 Å². The molecule has 1 N–H and O–H groups in total. The third-order valence-electron chi connectivity index (χ3n) is 4.87. The predicted molar refractivity (Wildman–Crippen MR) is 98.9 cm³/mol. The fraction of sp³-hybridized carbons (Fsp3) is 0.421. The van der Waals surface area contributed by atoms with E-state index in [0.717, 1.165) is 37.8 Å². The van der Waals surface area contributed by atoms with Gasteiger partial charge in [-0.25, -0.2) is 9.97 Å². The predicted octanol–water partition coefficient (Wildman–Crippen LogP) is 0.623. The molecule has 25 heavy (non-hydrogen) atoms. The number of amides is 1. The number of piperazine rings is 1. The molecule has 2 heterocycles. The van der Waals surface area contributed by atoms with Gasteiger partial charge in [-0.3, -0.25) is 4.79 Å². The van der Waals surface area contributed by atoms with Crippen LogP contribution in [0, 0.1) is 0 Å². The monoisotopic (exact) mass is 340 g/mol. The molecule has 0 radical (unpaired) electrons. The maximum absolute atomic E-state index is 13.0. The number of carbonyl (C=O) groups is 1. The van der Waals surface area contributed by atoms with Crippen molar-refractivity contribution in [3.63, 3.8) is 0 Å². The van der Waals surface area contributed by atoms with E-state index < -0.39 is 0 Å². The minimum atomic E-state index is -0.0565. The third kappa shape index (κ3) is 3.96. The van der Waals surface area contributed by atoms with E-state index in [1.807, 2.05) is 55.1 Å². The van der Waals surface area contributed by atoms with E-state index >= 15 is 0 Å². The number of para-hydroxylation sites is 1. The van der Waals surface area contributed by atoms with Crippen LogP contribution < -0.4 is 14.7 Å². The topological polar surface area (TPSA) is 53.8 Å². The molecule has 1 aliphatic rings. The van der Waals surface area contributed by atoms with Gasteiger partial charge in [-0.15, -0.1) is 0 Å². The summed E-state index contributed by atoms with van der Waals surface area (Å²) in [5.41, 5.74) is 0.970. The van der Waals surface area contributed by atoms with Gasteiger partial charge >= 0.3 is 0 Å². The number of benzene rings is 1. The maximum Gasteiger partial charge on any atom is 0.284 e. The zero-order chi connectivity index (χ0) is 17.6. The van der Waals surface area contributed by atoms with Gasteiger partial charge in [-0.1, -0.05) is 18.2 Å². The molecule has 0 aliphatic carbocycles. The lowest BCUT2D eigenvalue weighted by atomic mass is 10.2. The molecule has 1 atom stereocenters. The molecule has 0 unspecified atom stereocenters. The lowest BCUT2D eigenvalue weighted by Gasteiger charge is -2.36. The van der Waals surface area contributed by atoms with Crippen LogP contribution in [0.15, 0.2) is 48.8 Å². The van der Waals surface area contributed by atoms with Gasteiger partial charge in [0.05, 0.1) is 26.2 Å². The summed E-state index contributed by atoms with van der Waals surface area (Å²) in [7, 11) is 0. The molecule has 6 nitrogen and oxygen atoms in total. The number of hydrogen-bond donors (Lipinski definition) is 1. The first-order chi connectivity index (χ1) is 12.2. The van der Waals surface area contributed by atoms with Crippen molar-refractivity contribution in [3.8, 4) is 0 Å². The van der Waals surface area contributed by atoms with Crippen LogP contribution in [-0.2, 0) is 4.79 Å². The molecule has 1 amide bonds. The Labute approximate surface area is 149 Å². The fourth-order valence-electron chi connectivity index (χ4n) is 3.36. The molecule has 6 heteroatoms. The Balaban J connectivity index is 1.62. The number of likely N-dealkylation sites (N-methyl/N-ethyl adjacent to an activating group) is 1. The number of hydrogen-bond acceptors (Lipinski definition) is 4. The van der Waals surface area contributed by atoms with Gasteiger partial charge in [0.15, 0.2) is 6.04 Å². The summed E-state index contributed by atoms with van der Waals surface area (Å²) in [4.78, 5) is 27.0. The van der Waals surface area contributed by atoms with Gasteiger partial charge < -0.3 is 14.7 Å². The van der Waals surface area contributed by atoms with Crippen LogP contribution in [0.2, 0.25) is 0 Å². The normalized spacial score (nSPS) is 16.5. The zero-order valence-electron chi connectivity index (χ0n) is 14.9.